The molecule has 3 aromatic carbocycles. The molecule has 0 saturated carbocycles. The van der Waals surface area contributed by atoms with Crippen molar-refractivity contribution in [1.29, 1.82) is 5.41 Å². The van der Waals surface area contributed by atoms with Crippen molar-refractivity contribution in [2.24, 2.45) is 4.99 Å². The maximum atomic E-state index is 6.92. The molecule has 59 heavy (non-hydrogen) atoms. The molecule has 1 aromatic heterocycles. The number of benzene rings is 3. The molecule has 0 spiro atoms. The second-order valence-corrected chi connectivity index (χ2v) is 13.0. The van der Waals surface area contributed by atoms with Crippen LogP contribution in [0.1, 0.15) is 71.2 Å². The van der Waals surface area contributed by atoms with Crippen molar-refractivity contribution in [3.63, 3.8) is 0 Å². The molecule has 2 aliphatic rings. The summed E-state index contributed by atoms with van der Waals surface area (Å²) in [6.07, 6.45) is 42.0. The van der Waals surface area contributed by atoms with Gasteiger partial charge in [-0.05, 0) is 134 Å². The predicted octanol–water partition coefficient (Wildman–Crippen LogP) is 14.5. The molecule has 4 aromatic rings. The van der Waals surface area contributed by atoms with Gasteiger partial charge < -0.3 is 9.98 Å². The van der Waals surface area contributed by atoms with Gasteiger partial charge in [-0.3, -0.25) is 0 Å². The van der Waals surface area contributed by atoms with E-state index in [9.17, 15) is 0 Å². The number of thiol groups is 1. The average molecular weight is 796 g/mol. The number of allylic oxidation sites excluding steroid dienone is 18. The molecule has 1 N–H and O–H groups in total. The van der Waals surface area contributed by atoms with Gasteiger partial charge in [0.05, 0.1) is 22.3 Å². The summed E-state index contributed by atoms with van der Waals surface area (Å²) in [5.41, 5.74) is 13.0. The zero-order chi connectivity index (χ0) is 43.0. The molecule has 0 atom stereocenters. The van der Waals surface area contributed by atoms with Crippen LogP contribution >= 0.6 is 12.6 Å². The molecule has 0 fully saturated rings. The first-order chi connectivity index (χ1) is 29.0. The first-order valence-electron chi connectivity index (χ1n) is 20.3. The van der Waals surface area contributed by atoms with E-state index in [2.05, 4.69) is 172 Å². The van der Waals surface area contributed by atoms with E-state index in [1.54, 1.807) is 18.4 Å². The monoisotopic (exact) mass is 795 g/mol. The third-order valence-corrected chi connectivity index (χ3v) is 9.42. The van der Waals surface area contributed by atoms with Gasteiger partial charge >= 0.3 is 0 Å². The number of fused-ring (bicyclic) bond motifs is 2. The number of nitrogens with one attached hydrogen (secondary N) is 1. The van der Waals surface area contributed by atoms with Crippen LogP contribution in [-0.2, 0) is 0 Å². The molecule has 1 aliphatic carbocycles. The van der Waals surface area contributed by atoms with Gasteiger partial charge in [-0.25, -0.2) is 4.99 Å². The van der Waals surface area contributed by atoms with Gasteiger partial charge in [0.2, 0.25) is 0 Å². The van der Waals surface area contributed by atoms with Gasteiger partial charge in [0, 0.05) is 28.6 Å². The second-order valence-electron chi connectivity index (χ2n) is 13.0. The van der Waals surface area contributed by atoms with Crippen LogP contribution in [0, 0.1) is 5.41 Å². The number of hydrogen-bond donors (Lipinski definition) is 2. The zero-order valence-electron chi connectivity index (χ0n) is 36.0. The zero-order valence-corrected chi connectivity index (χ0v) is 36.9. The fourth-order valence-electron chi connectivity index (χ4n) is 6.83. The third kappa shape index (κ3) is 12.6. The summed E-state index contributed by atoms with van der Waals surface area (Å²) in [4.78, 5) is 4.70. The fraction of sp³-hybridized carbons (Fsp3) is 0.164. The van der Waals surface area contributed by atoms with E-state index in [4.69, 9.17) is 10.4 Å². The molecule has 4 heteroatoms. The molecule has 0 bridgehead atoms. The number of para-hydroxylation sites is 1. The topological polar surface area (TPSA) is 41.1 Å². The molecular formula is C55H61N3S. The summed E-state index contributed by atoms with van der Waals surface area (Å²) in [6, 6.07) is 23.7. The lowest BCUT2D eigenvalue weighted by molar-refractivity contribution is 0.969. The Hall–Kier alpha value is -6.23. The number of nitrogens with zero attached hydrogens (tertiary/aromatic N) is 2. The number of aromatic nitrogens is 1. The minimum absolute atomic E-state index is 1.02. The van der Waals surface area contributed by atoms with Crippen LogP contribution in [0.25, 0.3) is 51.7 Å². The van der Waals surface area contributed by atoms with E-state index in [1.165, 1.54) is 44.7 Å². The molecule has 3 nitrogen and oxygen atoms in total. The van der Waals surface area contributed by atoms with Crippen molar-refractivity contribution in [2.45, 2.75) is 54.4 Å². The van der Waals surface area contributed by atoms with Crippen molar-refractivity contribution in [2.75, 3.05) is 6.26 Å². The Labute approximate surface area is 359 Å². The summed E-state index contributed by atoms with van der Waals surface area (Å²) in [6.45, 7) is 20.2. The van der Waals surface area contributed by atoms with Crippen molar-refractivity contribution in [3.05, 3.63) is 215 Å². The van der Waals surface area contributed by atoms with Crippen molar-refractivity contribution >= 4 is 59.4 Å². The van der Waals surface area contributed by atoms with Gasteiger partial charge in [-0.1, -0.05) is 148 Å². The SMILES string of the molecule is C=C/C=C\C=C/n1c(/C=C\C)c(C=C)c2cc(-c3cccc(C(/C=C\C)=C/C4=c5ccccc5=N4)c3)ccc21.CC.CS.C\C=C(C1=CC=CCC1)/C(C)=C/C=C\C=N. The van der Waals surface area contributed by atoms with Crippen LogP contribution < -0.4 is 10.6 Å². The highest BCUT2D eigenvalue weighted by Crippen LogP contribution is 2.34. The summed E-state index contributed by atoms with van der Waals surface area (Å²) in [5.74, 6) is 0. The Kier molecular flexibility index (Phi) is 20.7. The smallest absolute Gasteiger partial charge is 0.0737 e. The summed E-state index contributed by atoms with van der Waals surface area (Å²) in [7, 11) is 0. The maximum Gasteiger partial charge on any atom is 0.0737 e. The summed E-state index contributed by atoms with van der Waals surface area (Å²) >= 11 is 3.53. The standard InChI is InChI=1S/C37H32N2.C15H19N.C2H6.CH4S/c1-5-9-10-13-23-39-36(16-7-3)31(8-4)33-25-30(21-22-37(33)39)29-18-14-17-28(24-29)27(15-6-2)26-35-32-19-11-12-20-34(32)38-35;1-3-15(13(2)9-7-8-12-16)14-10-5-4-6-11-14;2*1-2/h5-26H,1,4H2,2-3H3;3-5,7-10,12,16H,6,11H2,1-2H3;1-2H3;2H,1H3/b10-9-,15-6-,16-7-,23-13-,27-26+;8-7-,13-9+,15-3+,16-12?;;. The molecular weight excluding hydrogens is 735 g/mol. The largest absolute Gasteiger partial charge is 0.316 e. The van der Waals surface area contributed by atoms with Crippen molar-refractivity contribution < 1.29 is 0 Å². The first kappa shape index (κ1) is 47.1. The Morgan fingerprint density at radius 1 is 0.864 bits per heavy atom. The van der Waals surface area contributed by atoms with E-state index < -0.39 is 0 Å². The number of hydrogen-bond acceptors (Lipinski definition) is 3. The van der Waals surface area contributed by atoms with Gasteiger partial charge in [0.25, 0.3) is 0 Å². The van der Waals surface area contributed by atoms with Crippen LogP contribution in [0.3, 0.4) is 0 Å². The van der Waals surface area contributed by atoms with Gasteiger partial charge in [0.1, 0.15) is 0 Å². The molecule has 0 radical (unpaired) electrons. The lowest BCUT2D eigenvalue weighted by atomic mass is 9.92. The number of rotatable bonds is 13. The average Bonchev–Trinajstić information content (AvgIpc) is 3.57. The van der Waals surface area contributed by atoms with E-state index in [-0.39, 0.29) is 0 Å². The van der Waals surface area contributed by atoms with Gasteiger partial charge in [-0.2, -0.15) is 12.6 Å². The van der Waals surface area contributed by atoms with Crippen LogP contribution in [0.15, 0.2) is 193 Å². The second kappa shape index (κ2) is 25.9. The third-order valence-electron chi connectivity index (χ3n) is 9.42. The quantitative estimate of drug-likeness (QED) is 0.0769. The molecule has 0 unspecified atom stereocenters. The van der Waals surface area contributed by atoms with E-state index in [1.807, 2.05) is 64.1 Å². The van der Waals surface area contributed by atoms with E-state index >= 15 is 0 Å². The van der Waals surface area contributed by atoms with Crippen LogP contribution in [0.4, 0.5) is 0 Å². The molecule has 1 aliphatic heterocycles. The molecule has 0 saturated heterocycles. The lowest BCUT2D eigenvalue weighted by Gasteiger charge is -2.13. The Balaban J connectivity index is 0.000000390. The Morgan fingerprint density at radius 2 is 1.64 bits per heavy atom. The predicted molar refractivity (Wildman–Crippen MR) is 268 cm³/mol. The first-order valence-corrected chi connectivity index (χ1v) is 21.2. The van der Waals surface area contributed by atoms with Crippen molar-refractivity contribution in [1.82, 2.24) is 4.57 Å². The van der Waals surface area contributed by atoms with Gasteiger partial charge in [-0.15, -0.1) is 0 Å². The molecule has 0 amide bonds. The van der Waals surface area contributed by atoms with Crippen LogP contribution in [0.5, 0.6) is 0 Å². The van der Waals surface area contributed by atoms with E-state index in [0.29, 0.717) is 0 Å². The lowest BCUT2D eigenvalue weighted by Crippen LogP contribution is -2.33. The Bertz CT molecular complexity index is 2520. The Morgan fingerprint density at radius 3 is 2.31 bits per heavy atom. The maximum absolute atomic E-state index is 6.92. The highest BCUT2D eigenvalue weighted by atomic mass is 32.1. The highest BCUT2D eigenvalue weighted by Gasteiger charge is 2.14. The van der Waals surface area contributed by atoms with Crippen LogP contribution in [0.2, 0.25) is 0 Å². The molecule has 302 valence electrons. The normalized spacial score (nSPS) is 13.9. The minimum Gasteiger partial charge on any atom is -0.316 e. The fourth-order valence-corrected chi connectivity index (χ4v) is 6.83. The van der Waals surface area contributed by atoms with Crippen LogP contribution in [-0.4, -0.2) is 17.0 Å². The molecule has 6 rings (SSSR count). The minimum atomic E-state index is 1.02. The summed E-state index contributed by atoms with van der Waals surface area (Å²) in [5, 5.41) is 10.3. The highest BCUT2D eigenvalue weighted by molar-refractivity contribution is 7.79. The summed E-state index contributed by atoms with van der Waals surface area (Å²) < 4.78 is 2.21. The van der Waals surface area contributed by atoms with Crippen molar-refractivity contribution in [3.8, 4) is 11.1 Å². The van der Waals surface area contributed by atoms with E-state index in [0.717, 1.165) is 51.8 Å². The molecule has 2 heterocycles. The van der Waals surface area contributed by atoms with Gasteiger partial charge in [0.15, 0.2) is 0 Å².